The second-order valence-corrected chi connectivity index (χ2v) is 19.7. The number of carbonyl (C=O) groups is 4. The molecular formula is C53H43F4NO11S. The van der Waals surface area contributed by atoms with Gasteiger partial charge < -0.3 is 24.1 Å². The first-order valence-electron chi connectivity index (χ1n) is 22.0. The van der Waals surface area contributed by atoms with Crippen LogP contribution in [0.2, 0.25) is 0 Å². The number of benzene rings is 6. The van der Waals surface area contributed by atoms with Crippen LogP contribution in [0.5, 0.6) is 23.0 Å². The Morgan fingerprint density at radius 1 is 0.557 bits per heavy atom. The number of hydrogen-bond acceptors (Lipinski definition) is 10. The lowest BCUT2D eigenvalue weighted by atomic mass is 9.87. The van der Waals surface area contributed by atoms with Crippen molar-refractivity contribution in [2.45, 2.75) is 75.8 Å². The molecular weight excluding hydrogens is 935 g/mol. The molecule has 2 aliphatic carbocycles. The van der Waals surface area contributed by atoms with E-state index in [1.807, 2.05) is 67.1 Å². The van der Waals surface area contributed by atoms with Crippen LogP contribution in [0.3, 0.4) is 0 Å². The molecule has 6 aromatic carbocycles. The number of carboxylic acids is 1. The predicted molar refractivity (Wildman–Crippen MR) is 247 cm³/mol. The van der Waals surface area contributed by atoms with Crippen molar-refractivity contribution in [1.29, 1.82) is 0 Å². The van der Waals surface area contributed by atoms with Gasteiger partial charge in [-0.15, -0.1) is 17.6 Å². The van der Waals surface area contributed by atoms with Gasteiger partial charge >= 0.3 is 18.6 Å². The Morgan fingerprint density at radius 3 is 1.37 bits per heavy atom. The number of sulfonamides is 1. The number of aryl methyl sites for hydroxylation is 2. The molecule has 2 fully saturated rings. The summed E-state index contributed by atoms with van der Waals surface area (Å²) in [5, 5.41) is 9.23. The second kappa shape index (κ2) is 17.5. The normalized spacial score (nSPS) is 16.8. The summed E-state index contributed by atoms with van der Waals surface area (Å²) in [6.07, 6.45) is -3.55. The van der Waals surface area contributed by atoms with Crippen LogP contribution in [0.25, 0.3) is 22.3 Å². The number of halogens is 4. The average Bonchev–Trinajstić information content (AvgIpc) is 4.22. The Hall–Kier alpha value is -7.53. The molecule has 0 saturated heterocycles. The molecule has 0 atom stereocenters. The van der Waals surface area contributed by atoms with E-state index in [0.717, 1.165) is 50.8 Å². The third kappa shape index (κ3) is 9.83. The lowest BCUT2D eigenvalue weighted by Crippen LogP contribution is -2.29. The van der Waals surface area contributed by atoms with Gasteiger partial charge in [0.2, 0.25) is 10.0 Å². The first-order chi connectivity index (χ1) is 33.0. The van der Waals surface area contributed by atoms with Crippen LogP contribution in [-0.2, 0) is 43.3 Å². The molecule has 4 aliphatic rings. The Morgan fingerprint density at radius 2 is 0.971 bits per heavy atom. The van der Waals surface area contributed by atoms with Crippen LogP contribution in [0.1, 0.15) is 79.8 Å². The SMILES string of the molecule is Cc1cc(CC(=O)C2(c3ccc4c(c3)OC(F)(F)O4)CC2)ccc1-c1cccc(C(=O)NS(C)(=O)=O)c1.Cc1cc(CC(=O)C2(c3ccc4c(c3)OC(F)(F)O4)CC2)ccc1-c1cccc(C(=O)O)c1. The van der Waals surface area contributed by atoms with Crippen LogP contribution in [-0.4, -0.2) is 55.8 Å². The lowest BCUT2D eigenvalue weighted by Gasteiger charge is -2.16. The number of ketones is 2. The largest absolute Gasteiger partial charge is 0.586 e. The standard InChI is InChI=1S/C27H23F2NO6S.C26H20F2O5/c1-16-12-17(6-8-21(16)18-4-3-5-19(14-18)25(32)30-37(2,33)34)13-24(31)26(10-11-26)20-7-9-22-23(15-20)36-27(28,29)35-22;1-15-11-16(5-7-20(15)17-3-2-4-18(13-17)24(30)31)12-23(29)25(9-10-25)19-6-8-21-22(14-19)33-26(27,28)32-21/h3-9,12,14-15H,10-11,13H2,1-2H3,(H,30,32);2-8,11,13-14H,9-10,12H2,1H3,(H,30,31). The second-order valence-electron chi connectivity index (χ2n) is 18.0. The third-order valence-corrected chi connectivity index (χ3v) is 13.5. The molecule has 6 aromatic rings. The number of carbonyl (C=O) groups excluding carboxylic acids is 3. The Balaban J connectivity index is 0.000000175. The van der Waals surface area contributed by atoms with Gasteiger partial charge in [-0.3, -0.25) is 14.4 Å². The van der Waals surface area contributed by atoms with Crippen molar-refractivity contribution in [2.75, 3.05) is 6.26 Å². The topological polar surface area (TPSA) is 172 Å². The number of carboxylic acid groups (broad SMARTS) is 1. The minimum atomic E-state index is -3.71. The highest BCUT2D eigenvalue weighted by Gasteiger charge is 2.53. The number of aromatic carboxylic acids is 1. The molecule has 12 nitrogen and oxygen atoms in total. The number of amides is 1. The first kappa shape index (κ1) is 47.5. The lowest BCUT2D eigenvalue weighted by molar-refractivity contribution is -0.287. The molecule has 2 N–H and O–H groups in total. The highest BCUT2D eigenvalue weighted by Crippen LogP contribution is 2.54. The van der Waals surface area contributed by atoms with Gasteiger partial charge in [0, 0.05) is 18.4 Å². The summed E-state index contributed by atoms with van der Waals surface area (Å²) >= 11 is 0. The molecule has 2 heterocycles. The minimum absolute atomic E-state index is 0.00952. The minimum Gasteiger partial charge on any atom is -0.478 e. The Labute approximate surface area is 399 Å². The number of Topliss-reactive ketones (excluding diaryl/α,β-unsaturated/α-hetero) is 2. The van der Waals surface area contributed by atoms with E-state index < -0.39 is 45.3 Å². The molecule has 0 radical (unpaired) electrons. The zero-order valence-corrected chi connectivity index (χ0v) is 38.6. The fourth-order valence-electron chi connectivity index (χ4n) is 9.10. The zero-order valence-electron chi connectivity index (χ0n) is 37.7. The smallest absolute Gasteiger partial charge is 0.478 e. The maximum atomic E-state index is 13.4. The molecule has 70 heavy (non-hydrogen) atoms. The summed E-state index contributed by atoms with van der Waals surface area (Å²) in [7, 11) is -3.69. The summed E-state index contributed by atoms with van der Waals surface area (Å²) < 4.78 is 96.2. The summed E-state index contributed by atoms with van der Waals surface area (Å²) in [6, 6.07) is 33.6. The molecule has 0 bridgehead atoms. The van der Waals surface area contributed by atoms with E-state index in [2.05, 4.69) is 18.9 Å². The first-order valence-corrected chi connectivity index (χ1v) is 23.9. The van der Waals surface area contributed by atoms with Gasteiger partial charge in [0.25, 0.3) is 5.91 Å². The Kier molecular flexibility index (Phi) is 11.9. The molecule has 1 amide bonds. The number of hydrogen-bond donors (Lipinski definition) is 2. The highest BCUT2D eigenvalue weighted by molar-refractivity contribution is 7.89. The van der Waals surface area contributed by atoms with Crippen molar-refractivity contribution < 1.29 is 69.2 Å². The maximum Gasteiger partial charge on any atom is 0.586 e. The van der Waals surface area contributed by atoms with Crippen LogP contribution in [0, 0.1) is 13.8 Å². The van der Waals surface area contributed by atoms with Crippen LogP contribution < -0.4 is 23.7 Å². The summed E-state index contributed by atoms with van der Waals surface area (Å²) in [5.41, 5.74) is 6.99. The molecule has 10 rings (SSSR count). The fourth-order valence-corrected chi connectivity index (χ4v) is 9.56. The fraction of sp³-hybridized carbons (Fsp3) is 0.245. The van der Waals surface area contributed by atoms with Gasteiger partial charge in [0.15, 0.2) is 23.0 Å². The number of nitrogens with one attached hydrogen (secondary N) is 1. The summed E-state index contributed by atoms with van der Waals surface area (Å²) in [6.45, 7) is 3.80. The van der Waals surface area contributed by atoms with E-state index in [1.165, 1.54) is 30.3 Å². The third-order valence-electron chi connectivity index (χ3n) is 12.9. The summed E-state index contributed by atoms with van der Waals surface area (Å²) in [4.78, 5) is 50.0. The van der Waals surface area contributed by atoms with E-state index in [4.69, 9.17) is 0 Å². The van der Waals surface area contributed by atoms with Crippen molar-refractivity contribution in [2.24, 2.45) is 0 Å². The van der Waals surface area contributed by atoms with E-state index in [-0.39, 0.29) is 58.5 Å². The molecule has 0 spiro atoms. The van der Waals surface area contributed by atoms with E-state index >= 15 is 0 Å². The van der Waals surface area contributed by atoms with Crippen LogP contribution in [0.4, 0.5) is 17.6 Å². The number of ether oxygens (including phenoxy) is 4. The number of alkyl halides is 4. The zero-order chi connectivity index (χ0) is 50.0. The molecule has 0 unspecified atom stereocenters. The van der Waals surface area contributed by atoms with E-state index in [0.29, 0.717) is 36.8 Å². The maximum absolute atomic E-state index is 13.4. The van der Waals surface area contributed by atoms with Crippen molar-refractivity contribution in [1.82, 2.24) is 4.72 Å². The number of rotatable bonds is 13. The van der Waals surface area contributed by atoms with Gasteiger partial charge in [0.1, 0.15) is 11.6 Å². The van der Waals surface area contributed by atoms with Crippen LogP contribution >= 0.6 is 0 Å². The van der Waals surface area contributed by atoms with E-state index in [1.54, 1.807) is 42.5 Å². The van der Waals surface area contributed by atoms with Gasteiger partial charge in [-0.05, 0) is 144 Å². The van der Waals surface area contributed by atoms with Gasteiger partial charge in [-0.1, -0.05) is 72.8 Å². The average molecular weight is 978 g/mol. The molecule has 360 valence electrons. The molecule has 0 aromatic heterocycles. The van der Waals surface area contributed by atoms with Gasteiger partial charge in [0.05, 0.1) is 22.6 Å². The predicted octanol–water partition coefficient (Wildman–Crippen LogP) is 10.0. The highest BCUT2D eigenvalue weighted by atomic mass is 32.2. The monoisotopic (exact) mass is 977 g/mol. The van der Waals surface area contributed by atoms with Crippen molar-refractivity contribution in [3.8, 4) is 45.3 Å². The quantitative estimate of drug-likeness (QED) is 0.106. The van der Waals surface area contributed by atoms with Gasteiger partial charge in [-0.25, -0.2) is 17.9 Å². The molecule has 2 saturated carbocycles. The van der Waals surface area contributed by atoms with Crippen LogP contribution in [0.15, 0.2) is 121 Å². The van der Waals surface area contributed by atoms with Crippen molar-refractivity contribution in [3.63, 3.8) is 0 Å². The van der Waals surface area contributed by atoms with Crippen molar-refractivity contribution >= 4 is 33.5 Å². The number of fused-ring (bicyclic) bond motifs is 2. The van der Waals surface area contributed by atoms with Gasteiger partial charge in [-0.2, -0.15) is 0 Å². The Bertz CT molecular complexity index is 3270. The molecule has 2 aliphatic heterocycles. The van der Waals surface area contributed by atoms with E-state index in [9.17, 15) is 50.3 Å². The summed E-state index contributed by atoms with van der Waals surface area (Å²) in [5.74, 6) is -1.91. The van der Waals surface area contributed by atoms with Crippen molar-refractivity contribution in [3.05, 3.63) is 166 Å². The molecule has 17 heteroatoms.